The Labute approximate surface area is 130 Å². The number of benzene rings is 2. The molecule has 0 saturated carbocycles. The van der Waals surface area contributed by atoms with Gasteiger partial charge in [0.25, 0.3) is 0 Å². The molecular formula is C18H16N2O2. The molecule has 4 N–H and O–H groups in total. The first-order chi connectivity index (χ1) is 10.6. The lowest BCUT2D eigenvalue weighted by atomic mass is 10.1. The van der Waals surface area contributed by atoms with E-state index in [2.05, 4.69) is 23.7 Å². The van der Waals surface area contributed by atoms with E-state index in [-0.39, 0.29) is 0 Å². The highest BCUT2D eigenvalue weighted by atomic mass is 16.5. The molecule has 0 bridgehead atoms. The lowest BCUT2D eigenvalue weighted by Crippen LogP contribution is -1.91. The van der Waals surface area contributed by atoms with Gasteiger partial charge >= 0.3 is 0 Å². The van der Waals surface area contributed by atoms with Gasteiger partial charge in [-0.3, -0.25) is 0 Å². The molecule has 22 heavy (non-hydrogen) atoms. The molecule has 0 aromatic heterocycles. The van der Waals surface area contributed by atoms with E-state index >= 15 is 0 Å². The summed E-state index contributed by atoms with van der Waals surface area (Å²) in [5.41, 5.74) is 14.1. The summed E-state index contributed by atoms with van der Waals surface area (Å²) < 4.78 is 10.5. The third-order valence-corrected chi connectivity index (χ3v) is 2.90. The van der Waals surface area contributed by atoms with Gasteiger partial charge in [0.05, 0.1) is 25.3 Å². The monoisotopic (exact) mass is 292 g/mol. The molecule has 0 atom stereocenters. The van der Waals surface area contributed by atoms with Crippen molar-refractivity contribution in [2.75, 3.05) is 25.7 Å². The first-order valence-corrected chi connectivity index (χ1v) is 6.53. The van der Waals surface area contributed by atoms with Crippen molar-refractivity contribution in [1.82, 2.24) is 0 Å². The molecule has 0 aliphatic rings. The van der Waals surface area contributed by atoms with Crippen LogP contribution < -0.4 is 20.9 Å². The number of hydrogen-bond donors (Lipinski definition) is 2. The van der Waals surface area contributed by atoms with Crippen molar-refractivity contribution in [2.45, 2.75) is 0 Å². The molecule has 2 aromatic rings. The van der Waals surface area contributed by atoms with Crippen LogP contribution in [-0.2, 0) is 0 Å². The molecule has 0 spiro atoms. The number of nitrogens with two attached hydrogens (primary N) is 2. The molecule has 2 aromatic carbocycles. The fourth-order valence-corrected chi connectivity index (χ4v) is 1.84. The largest absolute Gasteiger partial charge is 0.495 e. The maximum absolute atomic E-state index is 5.74. The van der Waals surface area contributed by atoms with Crippen LogP contribution in [0.1, 0.15) is 11.1 Å². The molecule has 0 amide bonds. The normalized spacial score (nSPS) is 9.00. The average molecular weight is 292 g/mol. The van der Waals surface area contributed by atoms with E-state index in [1.54, 1.807) is 50.6 Å². The lowest BCUT2D eigenvalue weighted by Gasteiger charge is -2.03. The quantitative estimate of drug-likeness (QED) is 0.658. The fraction of sp³-hybridized carbons (Fsp3) is 0.111. The van der Waals surface area contributed by atoms with E-state index in [1.165, 1.54) is 0 Å². The van der Waals surface area contributed by atoms with Gasteiger partial charge in [0, 0.05) is 11.4 Å². The Hall–Kier alpha value is -3.24. The summed E-state index contributed by atoms with van der Waals surface area (Å²) >= 11 is 0. The molecule has 0 fully saturated rings. The maximum Gasteiger partial charge on any atom is 0.134 e. The predicted molar refractivity (Wildman–Crippen MR) is 88.6 cm³/mol. The fourth-order valence-electron chi connectivity index (χ4n) is 1.84. The minimum atomic E-state index is 0.621. The number of nitrogen functional groups attached to an aromatic ring is 2. The number of anilines is 2. The van der Waals surface area contributed by atoms with Gasteiger partial charge in [-0.25, -0.2) is 0 Å². The summed E-state index contributed by atoms with van der Waals surface area (Å²) in [7, 11) is 3.17. The molecule has 0 aliphatic heterocycles. The average Bonchev–Trinajstić information content (AvgIpc) is 2.52. The Kier molecular flexibility index (Phi) is 4.80. The molecule has 0 unspecified atom stereocenters. The van der Waals surface area contributed by atoms with Gasteiger partial charge in [-0.15, -0.1) is 0 Å². The zero-order chi connectivity index (χ0) is 15.9. The molecule has 0 saturated heterocycles. The minimum absolute atomic E-state index is 0.621. The molecule has 0 aliphatic carbocycles. The second-order valence-corrected chi connectivity index (χ2v) is 4.42. The molecule has 4 nitrogen and oxygen atoms in total. The van der Waals surface area contributed by atoms with Crippen molar-refractivity contribution in [3.05, 3.63) is 47.5 Å². The Morgan fingerprint density at radius 2 is 1.14 bits per heavy atom. The minimum Gasteiger partial charge on any atom is -0.495 e. The Balaban J connectivity index is 2.30. The lowest BCUT2D eigenvalue weighted by molar-refractivity contribution is 0.413. The maximum atomic E-state index is 5.74. The zero-order valence-electron chi connectivity index (χ0n) is 12.4. The number of methoxy groups -OCH3 is 2. The molecule has 110 valence electrons. The van der Waals surface area contributed by atoms with Crippen LogP contribution in [0.4, 0.5) is 11.4 Å². The molecular weight excluding hydrogens is 276 g/mol. The van der Waals surface area contributed by atoms with Gasteiger partial charge in [0.1, 0.15) is 11.5 Å². The van der Waals surface area contributed by atoms with Crippen molar-refractivity contribution in [2.24, 2.45) is 0 Å². The van der Waals surface area contributed by atoms with Crippen molar-refractivity contribution in [3.63, 3.8) is 0 Å². The summed E-state index contributed by atoms with van der Waals surface area (Å²) in [6, 6.07) is 10.5. The van der Waals surface area contributed by atoms with E-state index in [0.29, 0.717) is 34.0 Å². The van der Waals surface area contributed by atoms with Gasteiger partial charge in [-0.1, -0.05) is 0 Å². The van der Waals surface area contributed by atoms with Crippen LogP contribution in [0, 0.1) is 23.7 Å². The summed E-state index contributed by atoms with van der Waals surface area (Å²) in [6.07, 6.45) is 0. The topological polar surface area (TPSA) is 70.5 Å². The summed E-state index contributed by atoms with van der Waals surface area (Å²) in [5, 5.41) is 0. The summed E-state index contributed by atoms with van der Waals surface area (Å²) in [5.74, 6) is 12.7. The van der Waals surface area contributed by atoms with Gasteiger partial charge in [0.2, 0.25) is 0 Å². The summed E-state index contributed by atoms with van der Waals surface area (Å²) in [4.78, 5) is 0. The molecule has 4 heteroatoms. The first-order valence-electron chi connectivity index (χ1n) is 6.53. The van der Waals surface area contributed by atoms with Crippen LogP contribution in [-0.4, -0.2) is 14.2 Å². The van der Waals surface area contributed by atoms with Crippen LogP contribution in [0.5, 0.6) is 11.5 Å². The predicted octanol–water partition coefficient (Wildman–Crippen LogP) is 2.27. The van der Waals surface area contributed by atoms with Crippen molar-refractivity contribution in [1.29, 1.82) is 0 Å². The molecule has 2 rings (SSSR count). The van der Waals surface area contributed by atoms with Gasteiger partial charge in [-0.2, -0.15) is 0 Å². The Morgan fingerprint density at radius 3 is 1.50 bits per heavy atom. The number of rotatable bonds is 2. The zero-order valence-corrected chi connectivity index (χ0v) is 12.4. The molecule has 0 heterocycles. The van der Waals surface area contributed by atoms with E-state index < -0.39 is 0 Å². The highest BCUT2D eigenvalue weighted by Gasteiger charge is 2.00. The van der Waals surface area contributed by atoms with Crippen LogP contribution in [0.25, 0.3) is 0 Å². The third kappa shape index (κ3) is 3.65. The van der Waals surface area contributed by atoms with Crippen molar-refractivity contribution >= 4 is 11.4 Å². The van der Waals surface area contributed by atoms with E-state index in [0.717, 1.165) is 0 Å². The van der Waals surface area contributed by atoms with Crippen LogP contribution in [0.15, 0.2) is 36.4 Å². The van der Waals surface area contributed by atoms with Gasteiger partial charge in [-0.05, 0) is 60.1 Å². The van der Waals surface area contributed by atoms with Crippen LogP contribution in [0.2, 0.25) is 0 Å². The van der Waals surface area contributed by atoms with E-state index in [9.17, 15) is 0 Å². The van der Waals surface area contributed by atoms with Crippen molar-refractivity contribution in [3.8, 4) is 35.2 Å². The Bertz CT molecular complexity index is 736. The standard InChI is InChI=1S/C18H16N2O2/c1-21-17-9-7-15(19)11-13(17)5-3-4-6-14-12-16(20)8-10-18(14)22-2/h7-12H,19-20H2,1-2H3. The smallest absolute Gasteiger partial charge is 0.134 e. The van der Waals surface area contributed by atoms with E-state index in [4.69, 9.17) is 20.9 Å². The highest BCUT2D eigenvalue weighted by Crippen LogP contribution is 2.20. The second kappa shape index (κ2) is 6.97. The Morgan fingerprint density at radius 1 is 0.727 bits per heavy atom. The number of hydrogen-bond acceptors (Lipinski definition) is 4. The highest BCUT2D eigenvalue weighted by molar-refractivity contribution is 5.58. The van der Waals surface area contributed by atoms with Gasteiger partial charge < -0.3 is 20.9 Å². The second-order valence-electron chi connectivity index (χ2n) is 4.42. The SMILES string of the molecule is COc1ccc(N)cc1C#CC#Cc1cc(N)ccc1OC. The number of ether oxygens (including phenoxy) is 2. The summed E-state index contributed by atoms with van der Waals surface area (Å²) in [6.45, 7) is 0. The first kappa shape index (κ1) is 15.2. The van der Waals surface area contributed by atoms with Crippen molar-refractivity contribution < 1.29 is 9.47 Å². The van der Waals surface area contributed by atoms with Crippen LogP contribution >= 0.6 is 0 Å². The molecule has 0 radical (unpaired) electrons. The van der Waals surface area contributed by atoms with Crippen LogP contribution in [0.3, 0.4) is 0 Å². The van der Waals surface area contributed by atoms with Gasteiger partial charge in [0.15, 0.2) is 0 Å². The van der Waals surface area contributed by atoms with E-state index in [1.807, 2.05) is 0 Å². The third-order valence-electron chi connectivity index (χ3n) is 2.90.